The number of thioether (sulfide) groups is 1. The van der Waals surface area contributed by atoms with Crippen LogP contribution in [0.1, 0.15) is 24.2 Å². The number of fused-ring (bicyclic) bond motifs is 1. The molecule has 0 bridgehead atoms. The lowest BCUT2D eigenvalue weighted by molar-refractivity contribution is -0.122. The molecule has 0 aliphatic carbocycles. The van der Waals surface area contributed by atoms with E-state index in [0.717, 1.165) is 4.90 Å². The predicted octanol–water partition coefficient (Wildman–Crippen LogP) is 1.20. The summed E-state index contributed by atoms with van der Waals surface area (Å²) in [5.41, 5.74) is 6.40. The number of carbonyl (C=O) groups is 3. The van der Waals surface area contributed by atoms with Gasteiger partial charge >= 0.3 is 0 Å². The van der Waals surface area contributed by atoms with Crippen molar-refractivity contribution in [2.45, 2.75) is 24.0 Å². The highest BCUT2D eigenvalue weighted by Gasteiger charge is 2.31. The Bertz CT molecular complexity index is 571. The monoisotopic (exact) mass is 278 g/mol. The zero-order chi connectivity index (χ0) is 14.2. The van der Waals surface area contributed by atoms with Crippen LogP contribution in [0.3, 0.4) is 0 Å². The largest absolute Gasteiger partial charge is 0.368 e. The van der Waals surface area contributed by atoms with Crippen molar-refractivity contribution in [1.29, 1.82) is 0 Å². The number of anilines is 1. The van der Waals surface area contributed by atoms with E-state index in [9.17, 15) is 14.4 Å². The molecule has 5 nitrogen and oxygen atoms in total. The van der Waals surface area contributed by atoms with Crippen molar-refractivity contribution in [3.05, 3.63) is 23.8 Å². The van der Waals surface area contributed by atoms with Crippen LogP contribution in [-0.4, -0.2) is 29.4 Å². The molecular weight excluding hydrogens is 264 g/mol. The molecule has 1 aromatic carbocycles. The molecule has 0 spiro atoms. The van der Waals surface area contributed by atoms with Gasteiger partial charge in [0.25, 0.3) is 0 Å². The first-order valence-electron chi connectivity index (χ1n) is 5.81. The van der Waals surface area contributed by atoms with Crippen molar-refractivity contribution in [1.82, 2.24) is 0 Å². The maximum Gasteiger partial charge on any atom is 0.240 e. The lowest BCUT2D eigenvalue weighted by Crippen LogP contribution is -2.44. The molecule has 100 valence electrons. The fraction of sp³-hybridized carbons (Fsp3) is 0.308. The molecule has 0 radical (unpaired) electrons. The van der Waals surface area contributed by atoms with Crippen molar-refractivity contribution < 1.29 is 14.4 Å². The molecule has 2 N–H and O–H groups in total. The number of ketones is 1. The smallest absolute Gasteiger partial charge is 0.240 e. The number of rotatable bonds is 3. The topological polar surface area (TPSA) is 80.5 Å². The Morgan fingerprint density at radius 3 is 2.68 bits per heavy atom. The van der Waals surface area contributed by atoms with Crippen molar-refractivity contribution >= 4 is 35.0 Å². The molecule has 19 heavy (non-hydrogen) atoms. The second-order valence-electron chi connectivity index (χ2n) is 4.39. The van der Waals surface area contributed by atoms with E-state index in [4.69, 9.17) is 5.73 Å². The molecule has 1 heterocycles. The summed E-state index contributed by atoms with van der Waals surface area (Å²) in [6, 6.07) is 5.09. The molecule has 0 saturated carbocycles. The molecule has 0 aromatic heterocycles. The minimum Gasteiger partial charge on any atom is -0.368 e. The molecule has 1 aliphatic heterocycles. The van der Waals surface area contributed by atoms with Gasteiger partial charge in [0.05, 0.1) is 10.9 Å². The summed E-state index contributed by atoms with van der Waals surface area (Å²) in [6.45, 7) is 3.12. The van der Waals surface area contributed by atoms with Crippen molar-refractivity contribution in [3.8, 4) is 0 Å². The normalized spacial score (nSPS) is 18.1. The van der Waals surface area contributed by atoms with Gasteiger partial charge in [0.15, 0.2) is 5.78 Å². The Kier molecular flexibility index (Phi) is 3.61. The lowest BCUT2D eigenvalue weighted by atomic mass is 10.1. The first-order chi connectivity index (χ1) is 8.90. The molecular formula is C13H14N2O3S. The van der Waals surface area contributed by atoms with Gasteiger partial charge in [-0.2, -0.15) is 0 Å². The van der Waals surface area contributed by atoms with Gasteiger partial charge in [0.2, 0.25) is 11.8 Å². The minimum absolute atomic E-state index is 0.0330. The predicted molar refractivity (Wildman–Crippen MR) is 73.3 cm³/mol. The average Bonchev–Trinajstić information content (AvgIpc) is 2.33. The number of Topliss-reactive ketones (excluding diaryl/α,β-unsaturated/α-hetero) is 1. The van der Waals surface area contributed by atoms with E-state index in [1.54, 1.807) is 25.1 Å². The molecule has 6 heteroatoms. The van der Waals surface area contributed by atoms with Crippen LogP contribution in [0.4, 0.5) is 5.69 Å². The number of nitrogens with two attached hydrogens (primary N) is 1. The van der Waals surface area contributed by atoms with Gasteiger partial charge in [-0.1, -0.05) is 0 Å². The molecule has 2 amide bonds. The maximum atomic E-state index is 12.1. The van der Waals surface area contributed by atoms with E-state index < -0.39 is 5.91 Å². The number of benzene rings is 1. The Morgan fingerprint density at radius 1 is 1.42 bits per heavy atom. The third-order valence-electron chi connectivity index (χ3n) is 2.89. The van der Waals surface area contributed by atoms with Crippen LogP contribution >= 0.6 is 11.8 Å². The van der Waals surface area contributed by atoms with E-state index in [1.165, 1.54) is 23.6 Å². The third kappa shape index (κ3) is 2.63. The van der Waals surface area contributed by atoms with Gasteiger partial charge < -0.3 is 10.6 Å². The minimum atomic E-state index is -0.561. The lowest BCUT2D eigenvalue weighted by Gasteiger charge is -2.31. The van der Waals surface area contributed by atoms with Crippen molar-refractivity contribution in [3.63, 3.8) is 0 Å². The second-order valence-corrected chi connectivity index (χ2v) is 5.77. The summed E-state index contributed by atoms with van der Waals surface area (Å²) >= 11 is 1.39. The fourth-order valence-electron chi connectivity index (χ4n) is 1.95. The van der Waals surface area contributed by atoms with E-state index in [2.05, 4.69) is 0 Å². The van der Waals surface area contributed by atoms with Crippen LogP contribution in [0.25, 0.3) is 0 Å². The van der Waals surface area contributed by atoms with E-state index in [1.807, 2.05) is 0 Å². The van der Waals surface area contributed by atoms with Crippen molar-refractivity contribution in [2.75, 3.05) is 11.4 Å². The number of amides is 2. The molecule has 1 aromatic rings. The zero-order valence-electron chi connectivity index (χ0n) is 10.7. The van der Waals surface area contributed by atoms with Gasteiger partial charge in [0, 0.05) is 10.5 Å². The maximum absolute atomic E-state index is 12.1. The van der Waals surface area contributed by atoms with Gasteiger partial charge in [-0.15, -0.1) is 11.8 Å². The summed E-state index contributed by atoms with van der Waals surface area (Å²) in [5.74, 6) is -0.740. The van der Waals surface area contributed by atoms with Crippen molar-refractivity contribution in [2.24, 2.45) is 5.73 Å². The average molecular weight is 278 g/mol. The van der Waals surface area contributed by atoms with E-state index in [0.29, 0.717) is 11.3 Å². The second kappa shape index (κ2) is 5.05. The highest BCUT2D eigenvalue weighted by atomic mass is 32.2. The van der Waals surface area contributed by atoms with Crippen LogP contribution in [0.2, 0.25) is 0 Å². The SMILES string of the molecule is CC(=O)c1ccc2c(c1)SC(C)C(=O)N2CC(N)=O. The molecule has 0 saturated heterocycles. The van der Waals surface area contributed by atoms with Crippen LogP contribution in [0.5, 0.6) is 0 Å². The Balaban J connectivity index is 2.47. The van der Waals surface area contributed by atoms with Crippen LogP contribution in [-0.2, 0) is 9.59 Å². The fourth-order valence-corrected chi connectivity index (χ4v) is 3.05. The summed E-state index contributed by atoms with van der Waals surface area (Å²) in [7, 11) is 0. The Hall–Kier alpha value is -1.82. The number of nitrogens with zero attached hydrogens (tertiary/aromatic N) is 1. The third-order valence-corrected chi connectivity index (χ3v) is 4.02. The first kappa shape index (κ1) is 13.6. The molecule has 1 aliphatic rings. The number of hydrogen-bond donors (Lipinski definition) is 1. The quantitative estimate of drug-likeness (QED) is 0.842. The Labute approximate surface area is 115 Å². The molecule has 1 atom stereocenters. The molecule has 1 unspecified atom stereocenters. The Morgan fingerprint density at radius 2 is 2.11 bits per heavy atom. The number of carbonyl (C=O) groups excluding carboxylic acids is 3. The van der Waals surface area contributed by atoms with E-state index in [-0.39, 0.29) is 23.5 Å². The number of primary amides is 1. The zero-order valence-corrected chi connectivity index (χ0v) is 11.5. The van der Waals surface area contributed by atoms with Gasteiger partial charge in [-0.3, -0.25) is 14.4 Å². The summed E-state index contributed by atoms with van der Waals surface area (Å²) < 4.78 is 0. The van der Waals surface area contributed by atoms with Gasteiger partial charge in [-0.05, 0) is 32.0 Å². The first-order valence-corrected chi connectivity index (χ1v) is 6.69. The van der Waals surface area contributed by atoms with Crippen LogP contribution < -0.4 is 10.6 Å². The molecule has 2 rings (SSSR count). The standard InChI is InChI=1S/C13H14N2O3S/c1-7(16)9-3-4-10-11(5-9)19-8(2)13(18)15(10)6-12(14)17/h3-5,8H,6H2,1-2H3,(H2,14,17). The summed E-state index contributed by atoms with van der Waals surface area (Å²) in [4.78, 5) is 36.7. The summed E-state index contributed by atoms with van der Waals surface area (Å²) in [5, 5.41) is -0.297. The van der Waals surface area contributed by atoms with Crippen LogP contribution in [0.15, 0.2) is 23.1 Å². The van der Waals surface area contributed by atoms with Gasteiger partial charge in [-0.25, -0.2) is 0 Å². The van der Waals surface area contributed by atoms with E-state index >= 15 is 0 Å². The molecule has 0 fully saturated rings. The van der Waals surface area contributed by atoms with Gasteiger partial charge in [0.1, 0.15) is 6.54 Å². The highest BCUT2D eigenvalue weighted by molar-refractivity contribution is 8.01. The highest BCUT2D eigenvalue weighted by Crippen LogP contribution is 2.39. The van der Waals surface area contributed by atoms with Crippen LogP contribution in [0, 0.1) is 0 Å². The summed E-state index contributed by atoms with van der Waals surface area (Å²) in [6.07, 6.45) is 0. The number of hydrogen-bond acceptors (Lipinski definition) is 4.